The Kier molecular flexibility index (Phi) is 4.22. The van der Waals surface area contributed by atoms with Gasteiger partial charge in [0.15, 0.2) is 0 Å². The molecule has 0 radical (unpaired) electrons. The van der Waals surface area contributed by atoms with E-state index in [4.69, 9.17) is 11.6 Å². The third-order valence-corrected chi connectivity index (χ3v) is 3.96. The van der Waals surface area contributed by atoms with Crippen molar-refractivity contribution in [3.05, 3.63) is 34.6 Å². The van der Waals surface area contributed by atoms with Gasteiger partial charge in [-0.05, 0) is 37.1 Å². The first-order valence-corrected chi connectivity index (χ1v) is 6.75. The van der Waals surface area contributed by atoms with Crippen molar-refractivity contribution in [2.24, 2.45) is 0 Å². The topological polar surface area (TPSA) is 3.24 Å². The number of alkyl halides is 1. The van der Waals surface area contributed by atoms with Gasteiger partial charge in [-0.2, -0.15) is 0 Å². The lowest BCUT2D eigenvalue weighted by Gasteiger charge is -2.30. The minimum atomic E-state index is -0.272. The molecule has 88 valence electrons. The summed E-state index contributed by atoms with van der Waals surface area (Å²) in [6.45, 7) is 2.94. The zero-order valence-corrected chi connectivity index (χ0v) is 11.3. The SMILES string of the molecule is Fc1ccc(CN2CCCC(Br)C2)c(Cl)c1. The molecule has 1 heterocycles. The number of halogens is 3. The van der Waals surface area contributed by atoms with Crippen molar-refractivity contribution in [1.82, 2.24) is 4.90 Å². The predicted molar refractivity (Wildman–Crippen MR) is 68.6 cm³/mol. The molecule has 1 atom stereocenters. The molecule has 0 aromatic heterocycles. The summed E-state index contributed by atoms with van der Waals surface area (Å²) >= 11 is 9.64. The van der Waals surface area contributed by atoms with Gasteiger partial charge in [-0.1, -0.05) is 33.6 Å². The summed E-state index contributed by atoms with van der Waals surface area (Å²) in [5.74, 6) is -0.272. The maximum atomic E-state index is 12.9. The fourth-order valence-electron chi connectivity index (χ4n) is 2.03. The van der Waals surface area contributed by atoms with E-state index in [2.05, 4.69) is 20.8 Å². The van der Waals surface area contributed by atoms with Gasteiger partial charge < -0.3 is 0 Å². The monoisotopic (exact) mass is 305 g/mol. The zero-order valence-electron chi connectivity index (χ0n) is 8.93. The van der Waals surface area contributed by atoms with E-state index >= 15 is 0 Å². The van der Waals surface area contributed by atoms with Crippen molar-refractivity contribution in [2.45, 2.75) is 24.2 Å². The van der Waals surface area contributed by atoms with Crippen LogP contribution in [0.15, 0.2) is 18.2 Å². The van der Waals surface area contributed by atoms with Crippen LogP contribution < -0.4 is 0 Å². The van der Waals surface area contributed by atoms with Gasteiger partial charge >= 0.3 is 0 Å². The maximum Gasteiger partial charge on any atom is 0.124 e. The lowest BCUT2D eigenvalue weighted by Crippen LogP contribution is -2.35. The van der Waals surface area contributed by atoms with E-state index in [-0.39, 0.29) is 5.82 Å². The van der Waals surface area contributed by atoms with E-state index in [9.17, 15) is 4.39 Å². The summed E-state index contributed by atoms with van der Waals surface area (Å²) in [5, 5.41) is 0.525. The molecule has 1 aliphatic heterocycles. The highest BCUT2D eigenvalue weighted by Gasteiger charge is 2.18. The standard InChI is InChI=1S/C12H14BrClFN/c13-10-2-1-5-16(8-10)7-9-3-4-11(15)6-12(9)14/h3-4,6,10H,1-2,5,7-8H2. The van der Waals surface area contributed by atoms with E-state index in [1.165, 1.54) is 25.0 Å². The van der Waals surface area contributed by atoms with Crippen molar-refractivity contribution >= 4 is 27.5 Å². The average molecular weight is 307 g/mol. The van der Waals surface area contributed by atoms with Gasteiger partial charge in [0.25, 0.3) is 0 Å². The number of benzene rings is 1. The Morgan fingerprint density at radius 1 is 1.50 bits per heavy atom. The molecule has 0 spiro atoms. The van der Waals surface area contributed by atoms with Crippen molar-refractivity contribution < 1.29 is 4.39 Å². The van der Waals surface area contributed by atoms with Crippen molar-refractivity contribution in [3.8, 4) is 0 Å². The van der Waals surface area contributed by atoms with Crippen LogP contribution in [0.2, 0.25) is 5.02 Å². The number of hydrogen-bond donors (Lipinski definition) is 0. The quantitative estimate of drug-likeness (QED) is 0.751. The summed E-state index contributed by atoms with van der Waals surface area (Å²) in [5.41, 5.74) is 1.00. The molecule has 0 aliphatic carbocycles. The second-order valence-electron chi connectivity index (χ2n) is 4.21. The molecule has 2 rings (SSSR count). The Morgan fingerprint density at radius 2 is 2.31 bits per heavy atom. The first-order valence-electron chi connectivity index (χ1n) is 5.45. The molecule has 1 fully saturated rings. The Bertz CT molecular complexity index is 372. The van der Waals surface area contributed by atoms with Crippen LogP contribution in [0.25, 0.3) is 0 Å². The summed E-state index contributed by atoms with van der Waals surface area (Å²) in [7, 11) is 0. The number of piperidine rings is 1. The third-order valence-electron chi connectivity index (χ3n) is 2.86. The Morgan fingerprint density at radius 3 is 3.00 bits per heavy atom. The summed E-state index contributed by atoms with van der Waals surface area (Å²) in [6.07, 6.45) is 2.43. The van der Waals surface area contributed by atoms with Gasteiger partial charge in [0, 0.05) is 22.9 Å². The summed E-state index contributed by atoms with van der Waals surface area (Å²) in [4.78, 5) is 2.92. The van der Waals surface area contributed by atoms with Gasteiger partial charge in [-0.15, -0.1) is 0 Å². The van der Waals surface area contributed by atoms with Crippen LogP contribution in [0, 0.1) is 5.82 Å². The molecule has 0 amide bonds. The van der Waals surface area contributed by atoms with Crippen LogP contribution in [-0.2, 0) is 6.54 Å². The molecule has 1 unspecified atom stereocenters. The largest absolute Gasteiger partial charge is 0.298 e. The van der Waals surface area contributed by atoms with E-state index in [1.54, 1.807) is 6.07 Å². The fourth-order valence-corrected chi connectivity index (χ4v) is 2.99. The number of hydrogen-bond acceptors (Lipinski definition) is 1. The van der Waals surface area contributed by atoms with E-state index in [1.807, 2.05) is 0 Å². The van der Waals surface area contributed by atoms with E-state index < -0.39 is 0 Å². The second kappa shape index (κ2) is 5.48. The van der Waals surface area contributed by atoms with E-state index in [0.717, 1.165) is 25.2 Å². The Labute approximate surface area is 109 Å². The maximum absolute atomic E-state index is 12.9. The molecule has 0 N–H and O–H groups in total. The van der Waals surface area contributed by atoms with Crippen molar-refractivity contribution in [3.63, 3.8) is 0 Å². The average Bonchev–Trinajstić information content (AvgIpc) is 2.22. The molecule has 1 nitrogen and oxygen atoms in total. The highest BCUT2D eigenvalue weighted by atomic mass is 79.9. The van der Waals surface area contributed by atoms with Crippen molar-refractivity contribution in [2.75, 3.05) is 13.1 Å². The van der Waals surface area contributed by atoms with Crippen LogP contribution in [0.4, 0.5) is 4.39 Å². The summed E-state index contributed by atoms with van der Waals surface area (Å²) in [6, 6.07) is 4.62. The van der Waals surface area contributed by atoms with Crippen LogP contribution >= 0.6 is 27.5 Å². The molecule has 0 saturated carbocycles. The van der Waals surface area contributed by atoms with Crippen LogP contribution in [0.5, 0.6) is 0 Å². The highest BCUT2D eigenvalue weighted by Crippen LogP contribution is 2.22. The number of nitrogens with zero attached hydrogens (tertiary/aromatic N) is 1. The first-order chi connectivity index (χ1) is 7.65. The molecular weight excluding hydrogens is 292 g/mol. The fraction of sp³-hybridized carbons (Fsp3) is 0.500. The molecule has 16 heavy (non-hydrogen) atoms. The minimum absolute atomic E-state index is 0.272. The molecule has 1 saturated heterocycles. The second-order valence-corrected chi connectivity index (χ2v) is 5.91. The molecule has 1 aromatic carbocycles. The van der Waals surface area contributed by atoms with Crippen LogP contribution in [-0.4, -0.2) is 22.8 Å². The number of rotatable bonds is 2. The molecule has 4 heteroatoms. The predicted octanol–water partition coefficient (Wildman–Crippen LogP) is 3.84. The van der Waals surface area contributed by atoms with Crippen LogP contribution in [0.3, 0.4) is 0 Å². The third kappa shape index (κ3) is 3.19. The zero-order chi connectivity index (χ0) is 11.5. The van der Waals surface area contributed by atoms with Gasteiger partial charge in [0.05, 0.1) is 0 Å². The van der Waals surface area contributed by atoms with Gasteiger partial charge in [0.1, 0.15) is 5.82 Å². The van der Waals surface area contributed by atoms with E-state index in [0.29, 0.717) is 9.85 Å². The lowest BCUT2D eigenvalue weighted by atomic mass is 10.1. The minimum Gasteiger partial charge on any atom is -0.298 e. The molecular formula is C12H14BrClFN. The van der Waals surface area contributed by atoms with Gasteiger partial charge in [-0.3, -0.25) is 4.90 Å². The molecule has 0 bridgehead atoms. The van der Waals surface area contributed by atoms with Gasteiger partial charge in [-0.25, -0.2) is 4.39 Å². The molecule has 1 aliphatic rings. The normalized spacial score (nSPS) is 22.3. The highest BCUT2D eigenvalue weighted by molar-refractivity contribution is 9.09. The summed E-state index contributed by atoms with van der Waals surface area (Å²) < 4.78 is 12.9. The number of likely N-dealkylation sites (tertiary alicyclic amines) is 1. The Balaban J connectivity index is 2.02. The first kappa shape index (κ1) is 12.3. The van der Waals surface area contributed by atoms with Crippen molar-refractivity contribution in [1.29, 1.82) is 0 Å². The lowest BCUT2D eigenvalue weighted by molar-refractivity contribution is 0.228. The Hall–Kier alpha value is -0.120. The smallest absolute Gasteiger partial charge is 0.124 e. The van der Waals surface area contributed by atoms with Gasteiger partial charge in [0.2, 0.25) is 0 Å². The van der Waals surface area contributed by atoms with Crippen LogP contribution in [0.1, 0.15) is 18.4 Å². The molecule has 1 aromatic rings.